The molecule has 0 saturated carbocycles. The Kier molecular flexibility index (Phi) is 4.80. The normalized spacial score (nSPS) is 14.4. The number of ether oxygens (including phenoxy) is 1. The van der Waals surface area contributed by atoms with Gasteiger partial charge in [0.15, 0.2) is 5.78 Å². The molecule has 1 aromatic heterocycles. The van der Waals surface area contributed by atoms with E-state index < -0.39 is 11.2 Å². The van der Waals surface area contributed by atoms with E-state index in [-0.39, 0.29) is 23.3 Å². The summed E-state index contributed by atoms with van der Waals surface area (Å²) in [5.41, 5.74) is 1.40. The Morgan fingerprint density at radius 2 is 2.00 bits per heavy atom. The number of hydrogen-bond acceptors (Lipinski definition) is 4. The molecule has 142 valence electrons. The highest BCUT2D eigenvalue weighted by atomic mass is 19.1. The summed E-state index contributed by atoms with van der Waals surface area (Å²) in [6.45, 7) is 4.36. The summed E-state index contributed by atoms with van der Waals surface area (Å²) in [6.07, 6.45) is 0.534. The van der Waals surface area contributed by atoms with Gasteiger partial charge in [-0.15, -0.1) is 0 Å². The number of furan rings is 1. The summed E-state index contributed by atoms with van der Waals surface area (Å²) >= 11 is 0. The van der Waals surface area contributed by atoms with E-state index >= 15 is 0 Å². The van der Waals surface area contributed by atoms with Crippen molar-refractivity contribution in [3.05, 3.63) is 64.7 Å². The lowest BCUT2D eigenvalue weighted by atomic mass is 9.71. The molecule has 5 nitrogen and oxygen atoms in total. The number of rotatable bonds is 4. The Balaban J connectivity index is 0.00000210. The largest absolute Gasteiger partial charge is 0.493 e. The van der Waals surface area contributed by atoms with Crippen LogP contribution in [0.5, 0.6) is 5.75 Å². The van der Waals surface area contributed by atoms with Gasteiger partial charge in [0.05, 0.1) is 17.6 Å². The monoisotopic (exact) mass is 372 g/mol. The fourth-order valence-corrected chi connectivity index (χ4v) is 3.60. The Labute approximate surface area is 155 Å². The van der Waals surface area contributed by atoms with Crippen LogP contribution in [0.4, 0.5) is 4.39 Å². The van der Waals surface area contributed by atoms with Crippen LogP contribution in [0.25, 0.3) is 11.0 Å². The van der Waals surface area contributed by atoms with E-state index in [1.807, 2.05) is 19.9 Å². The number of aliphatic hydroxyl groups excluding tert-OH is 1. The van der Waals surface area contributed by atoms with E-state index in [4.69, 9.17) is 14.3 Å². The molecule has 0 atom stereocenters. The van der Waals surface area contributed by atoms with Gasteiger partial charge in [0.1, 0.15) is 22.9 Å². The molecule has 3 N–H and O–H groups in total. The van der Waals surface area contributed by atoms with Crippen LogP contribution < -0.4 is 4.74 Å². The average molecular weight is 372 g/mol. The second-order valence-corrected chi connectivity index (χ2v) is 7.01. The summed E-state index contributed by atoms with van der Waals surface area (Å²) in [5.74, 6) is 0.413. The first-order chi connectivity index (χ1) is 12.4. The summed E-state index contributed by atoms with van der Waals surface area (Å²) < 4.78 is 26.0. The molecule has 0 aliphatic heterocycles. The van der Waals surface area contributed by atoms with Crippen LogP contribution in [0.1, 0.15) is 47.5 Å². The highest BCUT2D eigenvalue weighted by Gasteiger charge is 2.42. The van der Waals surface area contributed by atoms with Crippen molar-refractivity contribution in [1.29, 1.82) is 0 Å². The Bertz CT molecular complexity index is 1020. The van der Waals surface area contributed by atoms with Crippen molar-refractivity contribution in [2.75, 3.05) is 13.2 Å². The van der Waals surface area contributed by atoms with Crippen molar-refractivity contribution in [2.45, 2.75) is 25.7 Å². The number of carbonyl (C=O) groups excluding carboxylic acids is 1. The first-order valence-corrected chi connectivity index (χ1v) is 8.59. The van der Waals surface area contributed by atoms with Gasteiger partial charge in [0.2, 0.25) is 0 Å². The zero-order valence-electron chi connectivity index (χ0n) is 15.1. The maximum atomic E-state index is 14.4. The number of hydrogen-bond donors (Lipinski definition) is 1. The number of ketones is 1. The molecular formula is C21H21FO5. The van der Waals surface area contributed by atoms with Crippen LogP contribution in [0.2, 0.25) is 0 Å². The SMILES string of the molecule is CC1(C)c2cc(OCCCO)ccc2C(=O)c2c1oc1cccc(F)c21.O. The third kappa shape index (κ3) is 2.81. The summed E-state index contributed by atoms with van der Waals surface area (Å²) in [7, 11) is 0. The molecule has 3 aromatic rings. The lowest BCUT2D eigenvalue weighted by molar-refractivity contribution is 0.102. The molecule has 0 fully saturated rings. The molecule has 0 amide bonds. The molecular weight excluding hydrogens is 351 g/mol. The molecule has 0 bridgehead atoms. The Morgan fingerprint density at radius 1 is 1.22 bits per heavy atom. The minimum absolute atomic E-state index is 0. The van der Waals surface area contributed by atoms with Crippen molar-refractivity contribution < 1.29 is 28.9 Å². The number of halogens is 1. The highest BCUT2D eigenvalue weighted by molar-refractivity contribution is 6.19. The predicted octanol–water partition coefficient (Wildman–Crippen LogP) is 3.38. The van der Waals surface area contributed by atoms with Crippen LogP contribution in [-0.4, -0.2) is 29.6 Å². The lowest BCUT2D eigenvalue weighted by Crippen LogP contribution is -2.29. The zero-order chi connectivity index (χ0) is 18.5. The highest BCUT2D eigenvalue weighted by Crippen LogP contribution is 2.46. The molecule has 1 aliphatic carbocycles. The van der Waals surface area contributed by atoms with Crippen molar-refractivity contribution >= 4 is 16.8 Å². The van der Waals surface area contributed by atoms with Crippen LogP contribution in [0.15, 0.2) is 40.8 Å². The number of carbonyl (C=O) groups is 1. The average Bonchev–Trinajstić information content (AvgIpc) is 3.02. The van der Waals surface area contributed by atoms with Gasteiger partial charge in [0.25, 0.3) is 0 Å². The standard InChI is InChI=1S/C21H19FO4.H2O/c1-21(2)14-11-12(25-10-4-9-23)7-8-13(14)19(24)18-17-15(22)5-3-6-16(17)26-20(18)21;/h3,5-8,11,23H,4,9-10H2,1-2H3;1H2. The summed E-state index contributed by atoms with van der Waals surface area (Å²) in [4.78, 5) is 13.1. The molecule has 4 rings (SSSR count). The maximum Gasteiger partial charge on any atom is 0.197 e. The number of benzene rings is 2. The van der Waals surface area contributed by atoms with E-state index in [0.29, 0.717) is 41.2 Å². The molecule has 0 saturated heterocycles. The molecule has 6 heteroatoms. The fraction of sp³-hybridized carbons (Fsp3) is 0.286. The zero-order valence-corrected chi connectivity index (χ0v) is 15.1. The smallest absolute Gasteiger partial charge is 0.197 e. The summed E-state index contributed by atoms with van der Waals surface area (Å²) in [5, 5.41) is 9.13. The molecule has 27 heavy (non-hydrogen) atoms. The first kappa shape index (κ1) is 19.1. The summed E-state index contributed by atoms with van der Waals surface area (Å²) in [6, 6.07) is 9.87. The van der Waals surface area contributed by atoms with Crippen LogP contribution in [0.3, 0.4) is 0 Å². The number of aliphatic hydroxyl groups is 1. The lowest BCUT2D eigenvalue weighted by Gasteiger charge is -2.30. The third-order valence-corrected chi connectivity index (χ3v) is 4.94. The molecule has 0 radical (unpaired) electrons. The molecule has 0 unspecified atom stereocenters. The van der Waals surface area contributed by atoms with E-state index in [9.17, 15) is 9.18 Å². The van der Waals surface area contributed by atoms with E-state index in [0.717, 1.165) is 5.56 Å². The molecule has 0 spiro atoms. The van der Waals surface area contributed by atoms with Crippen LogP contribution in [0, 0.1) is 5.82 Å². The molecule has 2 aromatic carbocycles. The fourth-order valence-electron chi connectivity index (χ4n) is 3.60. The van der Waals surface area contributed by atoms with Gasteiger partial charge < -0.3 is 19.7 Å². The minimum Gasteiger partial charge on any atom is -0.493 e. The van der Waals surface area contributed by atoms with Crippen molar-refractivity contribution in [2.24, 2.45) is 0 Å². The van der Waals surface area contributed by atoms with Crippen LogP contribution >= 0.6 is 0 Å². The van der Waals surface area contributed by atoms with Gasteiger partial charge in [-0.25, -0.2) is 4.39 Å². The van der Waals surface area contributed by atoms with Gasteiger partial charge in [-0.3, -0.25) is 4.79 Å². The van der Waals surface area contributed by atoms with Gasteiger partial charge in [-0.2, -0.15) is 0 Å². The second kappa shape index (κ2) is 6.79. The van der Waals surface area contributed by atoms with Crippen molar-refractivity contribution in [3.8, 4) is 5.75 Å². The molecule has 1 aliphatic rings. The maximum absolute atomic E-state index is 14.4. The Hall–Kier alpha value is -2.70. The van der Waals surface area contributed by atoms with Crippen molar-refractivity contribution in [1.82, 2.24) is 0 Å². The van der Waals surface area contributed by atoms with Crippen LogP contribution in [-0.2, 0) is 5.41 Å². The predicted molar refractivity (Wildman–Crippen MR) is 99.0 cm³/mol. The van der Waals surface area contributed by atoms with Gasteiger partial charge in [-0.1, -0.05) is 6.07 Å². The minimum atomic E-state index is -0.611. The Morgan fingerprint density at radius 3 is 2.74 bits per heavy atom. The second-order valence-electron chi connectivity index (χ2n) is 7.01. The molecule has 1 heterocycles. The quantitative estimate of drug-likeness (QED) is 0.711. The first-order valence-electron chi connectivity index (χ1n) is 8.59. The van der Waals surface area contributed by atoms with E-state index in [1.165, 1.54) is 6.07 Å². The van der Waals surface area contributed by atoms with Gasteiger partial charge >= 0.3 is 0 Å². The van der Waals surface area contributed by atoms with E-state index in [1.54, 1.807) is 24.3 Å². The number of fused-ring (bicyclic) bond motifs is 4. The third-order valence-electron chi connectivity index (χ3n) is 4.94. The van der Waals surface area contributed by atoms with E-state index in [2.05, 4.69) is 0 Å². The topological polar surface area (TPSA) is 91.2 Å². The van der Waals surface area contributed by atoms with Gasteiger partial charge in [0, 0.05) is 24.0 Å². The van der Waals surface area contributed by atoms with Crippen molar-refractivity contribution in [3.63, 3.8) is 0 Å². The van der Waals surface area contributed by atoms with Gasteiger partial charge in [-0.05, 0) is 49.7 Å².